The summed E-state index contributed by atoms with van der Waals surface area (Å²) < 4.78 is 0. The summed E-state index contributed by atoms with van der Waals surface area (Å²) in [6.07, 6.45) is 2.97. The Kier molecular flexibility index (Phi) is 5.41. The lowest BCUT2D eigenvalue weighted by molar-refractivity contribution is -0.125. The van der Waals surface area contributed by atoms with E-state index in [-0.39, 0.29) is 18.5 Å². The van der Waals surface area contributed by atoms with E-state index in [4.69, 9.17) is 0 Å². The summed E-state index contributed by atoms with van der Waals surface area (Å²) in [4.78, 5) is 25.9. The molecule has 0 spiro atoms. The second kappa shape index (κ2) is 6.59. The zero-order valence-electron chi connectivity index (χ0n) is 11.0. The molecule has 1 aliphatic heterocycles. The van der Waals surface area contributed by atoms with Crippen molar-refractivity contribution in [2.45, 2.75) is 39.2 Å². The number of imide groups is 1. The van der Waals surface area contributed by atoms with Crippen molar-refractivity contribution in [3.63, 3.8) is 0 Å². The van der Waals surface area contributed by atoms with Gasteiger partial charge in [0.1, 0.15) is 6.54 Å². The highest BCUT2D eigenvalue weighted by Crippen LogP contribution is 2.09. The summed E-state index contributed by atoms with van der Waals surface area (Å²) in [5, 5.41) is 3.39. The summed E-state index contributed by atoms with van der Waals surface area (Å²) in [5.41, 5.74) is 0. The molecule has 0 aliphatic carbocycles. The van der Waals surface area contributed by atoms with E-state index in [0.29, 0.717) is 12.6 Å². The smallest absolute Gasteiger partial charge is 0.318 e. The van der Waals surface area contributed by atoms with Gasteiger partial charge in [-0.15, -0.1) is 0 Å². The Morgan fingerprint density at radius 1 is 1.41 bits per heavy atom. The summed E-state index contributed by atoms with van der Waals surface area (Å²) in [5.74, 6) is -0.0772. The van der Waals surface area contributed by atoms with E-state index in [1.807, 2.05) is 0 Å². The molecule has 1 aliphatic rings. The summed E-state index contributed by atoms with van der Waals surface area (Å²) in [6, 6.07) is 0.282. The number of likely N-dealkylation sites (N-methyl/N-ethyl adjacent to an activating group) is 1. The standard InChI is InChI=1S/C12H23N3O2/c1-4-7-13-10(2)6-5-8-15-11(16)9-14(3)12(15)17/h10,13H,4-9H2,1-3H3. The van der Waals surface area contributed by atoms with Crippen molar-refractivity contribution in [1.29, 1.82) is 0 Å². The van der Waals surface area contributed by atoms with Gasteiger partial charge in [0.2, 0.25) is 5.91 Å². The summed E-state index contributed by atoms with van der Waals surface area (Å²) in [6.45, 7) is 6.06. The van der Waals surface area contributed by atoms with Crippen LogP contribution in [0.2, 0.25) is 0 Å². The van der Waals surface area contributed by atoms with Crippen LogP contribution in [0.4, 0.5) is 4.79 Å². The molecule has 0 aromatic heterocycles. The van der Waals surface area contributed by atoms with Crippen molar-refractivity contribution in [3.05, 3.63) is 0 Å². The molecule has 17 heavy (non-hydrogen) atoms. The second-order valence-corrected chi connectivity index (χ2v) is 4.68. The fourth-order valence-electron chi connectivity index (χ4n) is 1.94. The normalized spacial score (nSPS) is 18.1. The maximum Gasteiger partial charge on any atom is 0.326 e. The Bertz CT molecular complexity index is 281. The topological polar surface area (TPSA) is 52.7 Å². The molecule has 0 bridgehead atoms. The lowest BCUT2D eigenvalue weighted by Crippen LogP contribution is -2.34. The molecule has 3 amide bonds. The first kappa shape index (κ1) is 14.0. The molecule has 0 saturated carbocycles. The molecule has 0 aromatic carbocycles. The Balaban J connectivity index is 2.22. The first-order valence-electron chi connectivity index (χ1n) is 6.35. The third-order valence-electron chi connectivity index (χ3n) is 2.99. The molecule has 1 heterocycles. The van der Waals surface area contributed by atoms with Gasteiger partial charge in [-0.1, -0.05) is 6.92 Å². The SMILES string of the molecule is CCCNC(C)CCCN1C(=O)CN(C)C1=O. The van der Waals surface area contributed by atoms with E-state index in [9.17, 15) is 9.59 Å². The molecule has 0 radical (unpaired) electrons. The van der Waals surface area contributed by atoms with Crippen LogP contribution in [0.25, 0.3) is 0 Å². The van der Waals surface area contributed by atoms with Crippen LogP contribution in [-0.4, -0.2) is 54.5 Å². The number of urea groups is 1. The van der Waals surface area contributed by atoms with Crippen LogP contribution in [0.15, 0.2) is 0 Å². The van der Waals surface area contributed by atoms with Crippen LogP contribution in [0.1, 0.15) is 33.1 Å². The summed E-state index contributed by atoms with van der Waals surface area (Å²) in [7, 11) is 1.66. The van der Waals surface area contributed by atoms with Gasteiger partial charge in [-0.3, -0.25) is 9.69 Å². The lowest BCUT2D eigenvalue weighted by Gasteiger charge is -2.16. The molecule has 1 saturated heterocycles. The molecule has 5 heteroatoms. The van der Waals surface area contributed by atoms with Gasteiger partial charge in [0.25, 0.3) is 0 Å². The molecular weight excluding hydrogens is 218 g/mol. The fourth-order valence-corrected chi connectivity index (χ4v) is 1.94. The minimum atomic E-state index is -0.163. The number of hydrogen-bond acceptors (Lipinski definition) is 3. The average Bonchev–Trinajstić information content (AvgIpc) is 2.53. The first-order chi connectivity index (χ1) is 8.06. The van der Waals surface area contributed by atoms with Crippen LogP contribution >= 0.6 is 0 Å². The minimum absolute atomic E-state index is 0.0772. The van der Waals surface area contributed by atoms with Gasteiger partial charge in [-0.05, 0) is 32.7 Å². The first-order valence-corrected chi connectivity index (χ1v) is 6.35. The summed E-state index contributed by atoms with van der Waals surface area (Å²) >= 11 is 0. The molecule has 1 N–H and O–H groups in total. The number of nitrogens with one attached hydrogen (secondary N) is 1. The van der Waals surface area contributed by atoms with Crippen molar-refractivity contribution in [2.24, 2.45) is 0 Å². The van der Waals surface area contributed by atoms with Crippen molar-refractivity contribution in [2.75, 3.05) is 26.7 Å². The maximum absolute atomic E-state index is 11.6. The number of amides is 3. The number of carbonyl (C=O) groups excluding carboxylic acids is 2. The Morgan fingerprint density at radius 2 is 2.12 bits per heavy atom. The lowest BCUT2D eigenvalue weighted by atomic mass is 10.1. The van der Waals surface area contributed by atoms with Crippen LogP contribution in [0.5, 0.6) is 0 Å². The molecule has 1 fully saturated rings. The highest BCUT2D eigenvalue weighted by molar-refractivity contribution is 6.01. The van der Waals surface area contributed by atoms with Crippen molar-refractivity contribution < 1.29 is 9.59 Å². The van der Waals surface area contributed by atoms with Crippen LogP contribution in [0, 0.1) is 0 Å². The quantitative estimate of drug-likeness (QED) is 0.678. The van der Waals surface area contributed by atoms with Gasteiger partial charge in [-0.25, -0.2) is 4.79 Å². The van der Waals surface area contributed by atoms with Crippen molar-refractivity contribution in [3.8, 4) is 0 Å². The van der Waals surface area contributed by atoms with Crippen LogP contribution < -0.4 is 5.32 Å². The van der Waals surface area contributed by atoms with Gasteiger partial charge in [0.05, 0.1) is 0 Å². The largest absolute Gasteiger partial charge is 0.326 e. The molecule has 1 rings (SSSR count). The van der Waals surface area contributed by atoms with E-state index in [2.05, 4.69) is 19.2 Å². The molecule has 1 unspecified atom stereocenters. The van der Waals surface area contributed by atoms with Gasteiger partial charge < -0.3 is 10.2 Å². The Hall–Kier alpha value is -1.10. The average molecular weight is 241 g/mol. The zero-order chi connectivity index (χ0) is 12.8. The van der Waals surface area contributed by atoms with Gasteiger partial charge in [0.15, 0.2) is 0 Å². The minimum Gasteiger partial charge on any atom is -0.318 e. The Morgan fingerprint density at radius 3 is 2.65 bits per heavy atom. The van der Waals surface area contributed by atoms with E-state index in [1.54, 1.807) is 7.05 Å². The predicted octanol–water partition coefficient (Wildman–Crippen LogP) is 1.05. The number of carbonyl (C=O) groups is 2. The zero-order valence-corrected chi connectivity index (χ0v) is 11.0. The molecule has 1 atom stereocenters. The van der Waals surface area contributed by atoms with Crippen LogP contribution in [-0.2, 0) is 4.79 Å². The van der Waals surface area contributed by atoms with E-state index < -0.39 is 0 Å². The number of nitrogens with zero attached hydrogens (tertiary/aromatic N) is 2. The second-order valence-electron chi connectivity index (χ2n) is 4.68. The molecule has 98 valence electrons. The Labute approximate surface area is 103 Å². The molecular formula is C12H23N3O2. The molecule has 5 nitrogen and oxygen atoms in total. The van der Waals surface area contributed by atoms with Gasteiger partial charge >= 0.3 is 6.03 Å². The number of rotatable bonds is 7. The predicted molar refractivity (Wildman–Crippen MR) is 66.7 cm³/mol. The monoisotopic (exact) mass is 241 g/mol. The highest BCUT2D eigenvalue weighted by Gasteiger charge is 2.32. The van der Waals surface area contributed by atoms with Gasteiger partial charge in [-0.2, -0.15) is 0 Å². The highest BCUT2D eigenvalue weighted by atomic mass is 16.2. The van der Waals surface area contributed by atoms with E-state index >= 15 is 0 Å². The third kappa shape index (κ3) is 4.00. The van der Waals surface area contributed by atoms with Gasteiger partial charge in [0, 0.05) is 19.6 Å². The van der Waals surface area contributed by atoms with Crippen LogP contribution in [0.3, 0.4) is 0 Å². The third-order valence-corrected chi connectivity index (χ3v) is 2.99. The van der Waals surface area contributed by atoms with Crippen molar-refractivity contribution in [1.82, 2.24) is 15.1 Å². The van der Waals surface area contributed by atoms with E-state index in [1.165, 1.54) is 9.80 Å². The fraction of sp³-hybridized carbons (Fsp3) is 0.833. The van der Waals surface area contributed by atoms with Crippen molar-refractivity contribution >= 4 is 11.9 Å². The van der Waals surface area contributed by atoms with E-state index in [0.717, 1.165) is 25.8 Å². The number of hydrogen-bond donors (Lipinski definition) is 1. The molecule has 0 aromatic rings. The maximum atomic E-state index is 11.6.